The molecule has 0 aliphatic carbocycles. The van der Waals surface area contributed by atoms with E-state index in [1.165, 1.54) is 17.5 Å². The number of hydrogen-bond acceptors (Lipinski definition) is 3. The second-order valence-corrected chi connectivity index (χ2v) is 6.90. The summed E-state index contributed by atoms with van der Waals surface area (Å²) in [5.41, 5.74) is 2.36. The molecule has 4 heteroatoms. The molecule has 3 unspecified atom stereocenters. The molecular formula is C17H22BrN3. The second kappa shape index (κ2) is 5.93. The van der Waals surface area contributed by atoms with Gasteiger partial charge in [0.1, 0.15) is 0 Å². The van der Waals surface area contributed by atoms with Gasteiger partial charge in [0.15, 0.2) is 0 Å². The molecule has 0 radical (unpaired) electrons. The van der Waals surface area contributed by atoms with Gasteiger partial charge in [-0.15, -0.1) is 0 Å². The van der Waals surface area contributed by atoms with Crippen LogP contribution in [-0.2, 0) is 0 Å². The van der Waals surface area contributed by atoms with Crippen LogP contribution in [0.1, 0.15) is 20.3 Å². The summed E-state index contributed by atoms with van der Waals surface area (Å²) >= 11 is 3.51. The Hall–Kier alpha value is -1.13. The van der Waals surface area contributed by atoms with Crippen molar-refractivity contribution in [3.8, 4) is 0 Å². The van der Waals surface area contributed by atoms with Crippen molar-refractivity contribution in [2.75, 3.05) is 18.5 Å². The molecule has 1 aliphatic rings. The number of rotatable bonds is 2. The van der Waals surface area contributed by atoms with E-state index >= 15 is 0 Å². The topological polar surface area (TPSA) is 28.2 Å². The van der Waals surface area contributed by atoms with Gasteiger partial charge in [-0.2, -0.15) is 0 Å². The van der Waals surface area contributed by atoms with Gasteiger partial charge in [0.05, 0.1) is 11.2 Å². The summed E-state index contributed by atoms with van der Waals surface area (Å²) in [7, 11) is 2.07. The number of benzene rings is 1. The molecule has 1 fully saturated rings. The third-order valence-electron chi connectivity index (χ3n) is 4.90. The van der Waals surface area contributed by atoms with Crippen molar-refractivity contribution >= 4 is 32.5 Å². The van der Waals surface area contributed by atoms with E-state index in [-0.39, 0.29) is 0 Å². The lowest BCUT2D eigenvalue weighted by atomic mass is 9.86. The molecule has 0 saturated carbocycles. The number of nitrogens with one attached hydrogen (secondary N) is 1. The Morgan fingerprint density at radius 1 is 1.33 bits per heavy atom. The molecule has 1 aromatic carbocycles. The zero-order chi connectivity index (χ0) is 15.0. The molecule has 1 aromatic heterocycles. The first-order valence-corrected chi connectivity index (χ1v) is 8.39. The van der Waals surface area contributed by atoms with Crippen LogP contribution >= 0.6 is 15.9 Å². The van der Waals surface area contributed by atoms with Crippen molar-refractivity contribution in [3.63, 3.8) is 0 Å². The molecule has 2 aromatic rings. The van der Waals surface area contributed by atoms with E-state index in [0.717, 1.165) is 16.5 Å². The van der Waals surface area contributed by atoms with E-state index in [0.29, 0.717) is 18.0 Å². The summed E-state index contributed by atoms with van der Waals surface area (Å²) < 4.78 is 1.03. The predicted molar refractivity (Wildman–Crippen MR) is 92.9 cm³/mol. The maximum absolute atomic E-state index is 4.65. The van der Waals surface area contributed by atoms with Crippen LogP contribution in [0.4, 0.5) is 5.69 Å². The van der Waals surface area contributed by atoms with Crippen LogP contribution < -0.4 is 10.2 Å². The standard InChI is InChI=1S/C17H22BrN3/c1-11-12(2)21(8-7-15(11)19-3)16-6-4-5-13-9-14(18)10-20-17(13)16/h4-6,9-12,15,19H,7-8H2,1-3H3. The van der Waals surface area contributed by atoms with Crippen LogP contribution in [0.15, 0.2) is 34.9 Å². The van der Waals surface area contributed by atoms with Crippen molar-refractivity contribution in [2.45, 2.75) is 32.4 Å². The number of hydrogen-bond donors (Lipinski definition) is 1. The van der Waals surface area contributed by atoms with Crippen LogP contribution in [-0.4, -0.2) is 30.7 Å². The van der Waals surface area contributed by atoms with Gasteiger partial charge in [-0.05, 0) is 54.4 Å². The van der Waals surface area contributed by atoms with Crippen LogP contribution in [0, 0.1) is 5.92 Å². The normalized spacial score (nSPS) is 26.3. The monoisotopic (exact) mass is 347 g/mol. The fourth-order valence-corrected chi connectivity index (χ4v) is 3.81. The lowest BCUT2D eigenvalue weighted by Crippen LogP contribution is -2.52. The maximum Gasteiger partial charge on any atom is 0.0936 e. The fourth-order valence-electron chi connectivity index (χ4n) is 3.46. The van der Waals surface area contributed by atoms with E-state index in [2.05, 4.69) is 76.3 Å². The number of pyridine rings is 1. The van der Waals surface area contributed by atoms with E-state index in [9.17, 15) is 0 Å². The Kier molecular flexibility index (Phi) is 4.18. The highest BCUT2D eigenvalue weighted by Crippen LogP contribution is 2.33. The predicted octanol–water partition coefficient (Wildman–Crippen LogP) is 3.82. The summed E-state index contributed by atoms with van der Waals surface area (Å²) in [6, 6.07) is 9.71. The molecule has 21 heavy (non-hydrogen) atoms. The van der Waals surface area contributed by atoms with E-state index in [1.807, 2.05) is 6.20 Å². The van der Waals surface area contributed by atoms with Gasteiger partial charge in [-0.25, -0.2) is 0 Å². The summed E-state index contributed by atoms with van der Waals surface area (Å²) in [4.78, 5) is 7.17. The van der Waals surface area contributed by atoms with Gasteiger partial charge in [-0.3, -0.25) is 4.98 Å². The molecule has 1 saturated heterocycles. The molecule has 112 valence electrons. The Balaban J connectivity index is 2.01. The molecule has 3 atom stereocenters. The Bertz CT molecular complexity index is 643. The number of anilines is 1. The van der Waals surface area contributed by atoms with Crippen molar-refractivity contribution in [3.05, 3.63) is 34.9 Å². The molecule has 0 bridgehead atoms. The first-order valence-electron chi connectivity index (χ1n) is 7.60. The quantitative estimate of drug-likeness (QED) is 0.894. The third-order valence-corrected chi connectivity index (χ3v) is 5.34. The number of fused-ring (bicyclic) bond motifs is 1. The molecule has 3 nitrogen and oxygen atoms in total. The summed E-state index contributed by atoms with van der Waals surface area (Å²) in [6.45, 7) is 5.74. The van der Waals surface area contributed by atoms with Crippen molar-refractivity contribution in [2.24, 2.45) is 5.92 Å². The van der Waals surface area contributed by atoms with Gasteiger partial charge in [-0.1, -0.05) is 19.1 Å². The number of piperidine rings is 1. The average Bonchev–Trinajstić information content (AvgIpc) is 2.49. The lowest BCUT2D eigenvalue weighted by Gasteiger charge is -2.44. The highest BCUT2D eigenvalue weighted by Gasteiger charge is 2.32. The average molecular weight is 348 g/mol. The second-order valence-electron chi connectivity index (χ2n) is 5.98. The number of aromatic nitrogens is 1. The van der Waals surface area contributed by atoms with Crippen LogP contribution in [0.25, 0.3) is 10.9 Å². The van der Waals surface area contributed by atoms with Crippen LogP contribution in [0.2, 0.25) is 0 Å². The smallest absolute Gasteiger partial charge is 0.0936 e. The lowest BCUT2D eigenvalue weighted by molar-refractivity contribution is 0.283. The number of halogens is 1. The first kappa shape index (κ1) is 14.8. The van der Waals surface area contributed by atoms with Gasteiger partial charge < -0.3 is 10.2 Å². The van der Waals surface area contributed by atoms with Gasteiger partial charge in [0.2, 0.25) is 0 Å². The summed E-state index contributed by atoms with van der Waals surface area (Å²) in [5.74, 6) is 0.620. The molecular weight excluding hydrogens is 326 g/mol. The molecule has 1 aliphatic heterocycles. The van der Waals surface area contributed by atoms with Crippen molar-refractivity contribution in [1.29, 1.82) is 0 Å². The van der Waals surface area contributed by atoms with E-state index < -0.39 is 0 Å². The molecule has 0 spiro atoms. The summed E-state index contributed by atoms with van der Waals surface area (Å²) in [6.07, 6.45) is 3.06. The SMILES string of the molecule is CNC1CCN(c2cccc3cc(Br)cnc23)C(C)C1C. The number of nitrogens with zero attached hydrogens (tertiary/aromatic N) is 2. The molecule has 3 rings (SSSR count). The molecule has 0 amide bonds. The van der Waals surface area contributed by atoms with Gasteiger partial charge >= 0.3 is 0 Å². The Morgan fingerprint density at radius 3 is 2.90 bits per heavy atom. The van der Waals surface area contributed by atoms with E-state index in [4.69, 9.17) is 0 Å². The van der Waals surface area contributed by atoms with Crippen LogP contribution in [0.3, 0.4) is 0 Å². The summed E-state index contributed by atoms with van der Waals surface area (Å²) in [5, 5.41) is 4.64. The fraction of sp³-hybridized carbons (Fsp3) is 0.471. The minimum atomic E-state index is 0.507. The zero-order valence-electron chi connectivity index (χ0n) is 12.8. The van der Waals surface area contributed by atoms with Gasteiger partial charge in [0, 0.05) is 34.7 Å². The third kappa shape index (κ3) is 2.67. The number of para-hydroxylation sites is 1. The maximum atomic E-state index is 4.65. The van der Waals surface area contributed by atoms with Crippen molar-refractivity contribution in [1.82, 2.24) is 10.3 Å². The highest BCUT2D eigenvalue weighted by molar-refractivity contribution is 9.10. The van der Waals surface area contributed by atoms with Crippen LogP contribution in [0.5, 0.6) is 0 Å². The minimum absolute atomic E-state index is 0.507. The molecule has 2 heterocycles. The zero-order valence-corrected chi connectivity index (χ0v) is 14.4. The molecule has 1 N–H and O–H groups in total. The minimum Gasteiger partial charge on any atom is -0.367 e. The van der Waals surface area contributed by atoms with Gasteiger partial charge in [0.25, 0.3) is 0 Å². The Labute approximate surface area is 134 Å². The van der Waals surface area contributed by atoms with Crippen molar-refractivity contribution < 1.29 is 0 Å². The largest absolute Gasteiger partial charge is 0.367 e. The van der Waals surface area contributed by atoms with E-state index in [1.54, 1.807) is 0 Å². The first-order chi connectivity index (χ1) is 10.1. The Morgan fingerprint density at radius 2 is 2.14 bits per heavy atom. The highest BCUT2D eigenvalue weighted by atomic mass is 79.9.